The van der Waals surface area contributed by atoms with E-state index in [4.69, 9.17) is 28.3 Å². The van der Waals surface area contributed by atoms with E-state index in [9.17, 15) is 9.59 Å². The number of hydrogen-bond acceptors (Lipinski definition) is 3. The quantitative estimate of drug-likeness (QED) is 0.523. The third kappa shape index (κ3) is 5.04. The van der Waals surface area contributed by atoms with Crippen LogP contribution in [0.3, 0.4) is 0 Å². The van der Waals surface area contributed by atoms with Crippen LogP contribution in [0.2, 0.25) is 10.0 Å². The highest BCUT2D eigenvalue weighted by atomic mass is 35.5. The van der Waals surface area contributed by atoms with Gasteiger partial charge in [0.2, 0.25) is 0 Å². The Morgan fingerprint density at radius 3 is 2.30 bits per heavy atom. The van der Waals surface area contributed by atoms with Crippen LogP contribution in [0.4, 0.5) is 5.69 Å². The summed E-state index contributed by atoms with van der Waals surface area (Å²) in [6, 6.07) is 18.0. The molecular weight excluding hydrogens is 423 g/mol. The monoisotopic (exact) mass is 444 g/mol. The standard InChI is InChI=1S/C23H22Cl2N2O3/c1-2-26(18-6-4-3-5-7-18)15-21-19(24)14-20(25)22(28)27(21)13-12-16-8-10-17(11-9-16)23(29)30/h3-11,14H,2,12-13,15H2,1H3,(H,29,30). The highest BCUT2D eigenvalue weighted by Gasteiger charge is 2.16. The maximum absolute atomic E-state index is 12.8. The number of para-hydroxylation sites is 1. The first-order chi connectivity index (χ1) is 14.4. The molecule has 0 unspecified atom stereocenters. The van der Waals surface area contributed by atoms with Crippen molar-refractivity contribution in [2.24, 2.45) is 0 Å². The third-order valence-corrected chi connectivity index (χ3v) is 5.57. The highest BCUT2D eigenvalue weighted by molar-refractivity contribution is 6.34. The molecule has 7 heteroatoms. The number of pyridine rings is 1. The second-order valence-electron chi connectivity index (χ2n) is 6.85. The van der Waals surface area contributed by atoms with E-state index in [0.717, 1.165) is 17.8 Å². The van der Waals surface area contributed by atoms with Crippen LogP contribution in [-0.2, 0) is 19.5 Å². The number of carbonyl (C=O) groups is 1. The summed E-state index contributed by atoms with van der Waals surface area (Å²) in [5.74, 6) is -0.970. The van der Waals surface area contributed by atoms with E-state index in [1.54, 1.807) is 28.8 Å². The lowest BCUT2D eigenvalue weighted by Gasteiger charge is -2.26. The van der Waals surface area contributed by atoms with Crippen LogP contribution in [0.15, 0.2) is 65.5 Å². The first kappa shape index (κ1) is 21.9. The maximum atomic E-state index is 12.8. The fourth-order valence-corrected chi connectivity index (χ4v) is 3.83. The Balaban J connectivity index is 1.89. The molecule has 5 nitrogen and oxygen atoms in total. The van der Waals surface area contributed by atoms with Crippen LogP contribution in [0.5, 0.6) is 0 Å². The molecule has 0 saturated carbocycles. The van der Waals surface area contributed by atoms with Gasteiger partial charge in [-0.05, 0) is 49.2 Å². The first-order valence-electron chi connectivity index (χ1n) is 9.60. The molecule has 0 spiro atoms. The number of aromatic carboxylic acids is 1. The Labute approximate surface area is 185 Å². The van der Waals surface area contributed by atoms with Crippen molar-refractivity contribution in [3.63, 3.8) is 0 Å². The van der Waals surface area contributed by atoms with Gasteiger partial charge in [0.05, 0.1) is 22.8 Å². The van der Waals surface area contributed by atoms with Crippen LogP contribution in [0.1, 0.15) is 28.5 Å². The van der Waals surface area contributed by atoms with Gasteiger partial charge >= 0.3 is 5.97 Å². The molecule has 3 aromatic rings. The van der Waals surface area contributed by atoms with Gasteiger partial charge in [-0.1, -0.05) is 53.5 Å². The predicted molar refractivity (Wildman–Crippen MR) is 121 cm³/mol. The summed E-state index contributed by atoms with van der Waals surface area (Å²) in [5, 5.41) is 9.56. The van der Waals surface area contributed by atoms with Gasteiger partial charge in [0, 0.05) is 18.8 Å². The number of benzene rings is 2. The number of nitrogens with zero attached hydrogens (tertiary/aromatic N) is 2. The molecule has 3 rings (SSSR count). The highest BCUT2D eigenvalue weighted by Crippen LogP contribution is 2.23. The van der Waals surface area contributed by atoms with Crippen molar-refractivity contribution in [3.8, 4) is 0 Å². The van der Waals surface area contributed by atoms with Crippen molar-refractivity contribution in [3.05, 3.63) is 97.9 Å². The van der Waals surface area contributed by atoms with E-state index in [1.807, 2.05) is 37.3 Å². The molecule has 156 valence electrons. The average molecular weight is 445 g/mol. The van der Waals surface area contributed by atoms with Gasteiger partial charge in [0.15, 0.2) is 0 Å². The Bertz CT molecular complexity index is 1080. The van der Waals surface area contributed by atoms with Gasteiger partial charge in [-0.15, -0.1) is 0 Å². The number of rotatable bonds is 8. The molecule has 0 radical (unpaired) electrons. The SMILES string of the molecule is CCN(Cc1c(Cl)cc(Cl)c(=O)n1CCc1ccc(C(=O)O)cc1)c1ccccc1. The molecule has 0 aliphatic carbocycles. The summed E-state index contributed by atoms with van der Waals surface area (Å²) in [6.07, 6.45) is 0.543. The summed E-state index contributed by atoms with van der Waals surface area (Å²) in [5.41, 5.74) is 2.59. The number of hydrogen-bond donors (Lipinski definition) is 1. The van der Waals surface area contributed by atoms with Crippen molar-refractivity contribution in [1.29, 1.82) is 0 Å². The topological polar surface area (TPSA) is 62.5 Å². The Hall–Kier alpha value is -2.76. The minimum atomic E-state index is -0.970. The van der Waals surface area contributed by atoms with E-state index in [0.29, 0.717) is 30.2 Å². The zero-order valence-corrected chi connectivity index (χ0v) is 18.0. The molecular formula is C23H22Cl2N2O3. The predicted octanol–water partition coefficient (Wildman–Crippen LogP) is 5.12. The third-order valence-electron chi connectivity index (χ3n) is 4.97. The number of carboxylic acids is 1. The van der Waals surface area contributed by atoms with Crippen LogP contribution in [0.25, 0.3) is 0 Å². The summed E-state index contributed by atoms with van der Waals surface area (Å²) in [7, 11) is 0. The van der Waals surface area contributed by atoms with E-state index in [1.165, 1.54) is 6.07 Å². The summed E-state index contributed by atoms with van der Waals surface area (Å²) in [6.45, 7) is 3.63. The molecule has 0 amide bonds. The smallest absolute Gasteiger partial charge is 0.335 e. The maximum Gasteiger partial charge on any atom is 0.335 e. The Morgan fingerprint density at radius 2 is 1.70 bits per heavy atom. The zero-order valence-electron chi connectivity index (χ0n) is 16.5. The molecule has 30 heavy (non-hydrogen) atoms. The molecule has 1 heterocycles. The van der Waals surface area contributed by atoms with Gasteiger partial charge in [0.1, 0.15) is 5.02 Å². The number of halogens is 2. The normalized spacial score (nSPS) is 10.8. The lowest BCUT2D eigenvalue weighted by molar-refractivity contribution is 0.0697. The molecule has 0 bridgehead atoms. The van der Waals surface area contributed by atoms with Crippen molar-refractivity contribution >= 4 is 34.9 Å². The van der Waals surface area contributed by atoms with Crippen LogP contribution in [-0.4, -0.2) is 22.2 Å². The average Bonchev–Trinajstić information content (AvgIpc) is 2.75. The fraction of sp³-hybridized carbons (Fsp3) is 0.217. The van der Waals surface area contributed by atoms with E-state index < -0.39 is 5.97 Å². The lowest BCUT2D eigenvalue weighted by Crippen LogP contribution is -2.30. The van der Waals surface area contributed by atoms with E-state index in [2.05, 4.69) is 4.90 Å². The molecule has 0 atom stereocenters. The van der Waals surface area contributed by atoms with Gasteiger partial charge in [0.25, 0.3) is 5.56 Å². The van der Waals surface area contributed by atoms with Crippen molar-refractivity contribution < 1.29 is 9.90 Å². The molecule has 0 aliphatic rings. The van der Waals surface area contributed by atoms with Crippen molar-refractivity contribution in [1.82, 2.24) is 4.57 Å². The zero-order chi connectivity index (χ0) is 21.7. The molecule has 0 fully saturated rings. The largest absolute Gasteiger partial charge is 0.478 e. The molecule has 2 aromatic carbocycles. The summed E-state index contributed by atoms with van der Waals surface area (Å²) < 4.78 is 1.61. The van der Waals surface area contributed by atoms with Crippen LogP contribution >= 0.6 is 23.2 Å². The van der Waals surface area contributed by atoms with E-state index in [-0.39, 0.29) is 16.1 Å². The fourth-order valence-electron chi connectivity index (χ4n) is 3.29. The van der Waals surface area contributed by atoms with Crippen molar-refractivity contribution in [2.45, 2.75) is 26.4 Å². The second kappa shape index (κ2) is 9.83. The minimum absolute atomic E-state index is 0.0766. The van der Waals surface area contributed by atoms with E-state index >= 15 is 0 Å². The Morgan fingerprint density at radius 1 is 1.03 bits per heavy atom. The van der Waals surface area contributed by atoms with Gasteiger partial charge in [-0.2, -0.15) is 0 Å². The first-order valence-corrected chi connectivity index (χ1v) is 10.4. The number of carboxylic acid groups (broad SMARTS) is 1. The molecule has 0 aliphatic heterocycles. The van der Waals surface area contributed by atoms with Crippen LogP contribution in [0, 0.1) is 0 Å². The van der Waals surface area contributed by atoms with Gasteiger partial charge in [-0.3, -0.25) is 4.79 Å². The Kier molecular flexibility index (Phi) is 7.19. The minimum Gasteiger partial charge on any atom is -0.478 e. The number of anilines is 1. The molecule has 0 saturated heterocycles. The van der Waals surface area contributed by atoms with Crippen LogP contribution < -0.4 is 10.5 Å². The summed E-state index contributed by atoms with van der Waals surface area (Å²) >= 11 is 12.6. The summed E-state index contributed by atoms with van der Waals surface area (Å²) in [4.78, 5) is 25.9. The molecule has 1 N–H and O–H groups in total. The van der Waals surface area contributed by atoms with Gasteiger partial charge < -0.3 is 14.6 Å². The molecule has 1 aromatic heterocycles. The number of aromatic nitrogens is 1. The lowest BCUT2D eigenvalue weighted by atomic mass is 10.1. The second-order valence-corrected chi connectivity index (χ2v) is 7.66. The van der Waals surface area contributed by atoms with Crippen molar-refractivity contribution in [2.75, 3.05) is 11.4 Å². The van der Waals surface area contributed by atoms with Gasteiger partial charge in [-0.25, -0.2) is 4.79 Å². The number of aryl methyl sites for hydroxylation is 1.